The lowest BCUT2D eigenvalue weighted by Crippen LogP contribution is -2.65. The van der Waals surface area contributed by atoms with Gasteiger partial charge in [-0.05, 0) is 35.7 Å². The van der Waals surface area contributed by atoms with Gasteiger partial charge in [-0.2, -0.15) is 8.78 Å². The van der Waals surface area contributed by atoms with Crippen LogP contribution >= 0.6 is 11.6 Å². The predicted octanol–water partition coefficient (Wildman–Crippen LogP) is -0.238. The number of benzene rings is 2. The molecule has 0 aromatic heterocycles. The molecule has 1 fully saturated rings. The first-order chi connectivity index (χ1) is 16.4. The van der Waals surface area contributed by atoms with Crippen LogP contribution in [0.25, 0.3) is 0 Å². The highest BCUT2D eigenvalue weighted by atomic mass is 35.5. The van der Waals surface area contributed by atoms with E-state index in [1.54, 1.807) is 33.9 Å². The summed E-state index contributed by atoms with van der Waals surface area (Å²) in [6.07, 6.45) is 0.206. The van der Waals surface area contributed by atoms with E-state index in [4.69, 9.17) is 11.6 Å². The van der Waals surface area contributed by atoms with E-state index in [-0.39, 0.29) is 36.3 Å². The maximum absolute atomic E-state index is 14.5. The fourth-order valence-electron chi connectivity index (χ4n) is 4.75. The number of fused-ring (bicyclic) bond motifs is 1. The number of rotatable bonds is 5. The number of carbonyl (C=O) groups is 4. The summed E-state index contributed by atoms with van der Waals surface area (Å²) in [7, 11) is 4.78. The lowest BCUT2D eigenvalue weighted by Gasteiger charge is -2.45. The third kappa shape index (κ3) is 4.24. The number of hydrogen-bond donors (Lipinski definition) is 1. The lowest BCUT2D eigenvalue weighted by atomic mass is 9.61. The quantitative estimate of drug-likeness (QED) is 0.457. The molecule has 1 N–H and O–H groups in total. The van der Waals surface area contributed by atoms with Gasteiger partial charge in [-0.3, -0.25) is 19.2 Å². The minimum Gasteiger partial charge on any atom is -0.346 e. The van der Waals surface area contributed by atoms with Gasteiger partial charge >= 0.3 is 5.92 Å². The zero-order valence-electron chi connectivity index (χ0n) is 19.4. The van der Waals surface area contributed by atoms with E-state index < -0.39 is 34.6 Å². The molecule has 0 radical (unpaired) electrons. The largest absolute Gasteiger partial charge is 0.349 e. The summed E-state index contributed by atoms with van der Waals surface area (Å²) in [5.41, 5.74) is -0.120. The van der Waals surface area contributed by atoms with Crippen molar-refractivity contribution in [1.82, 2.24) is 15.0 Å². The van der Waals surface area contributed by atoms with Crippen LogP contribution in [-0.2, 0) is 33.4 Å². The van der Waals surface area contributed by atoms with E-state index in [1.165, 1.54) is 25.0 Å². The summed E-state index contributed by atoms with van der Waals surface area (Å²) in [6.45, 7) is -0.0398. The topological polar surface area (TPSA) is 86.8 Å². The first-order valence-corrected chi connectivity index (χ1v) is 11.4. The molecular weight excluding hydrogens is 476 g/mol. The zero-order chi connectivity index (χ0) is 25.7. The second-order valence-electron chi connectivity index (χ2n) is 9.23. The molecule has 7 nitrogen and oxygen atoms in total. The predicted molar refractivity (Wildman–Crippen MR) is 132 cm³/mol. The number of imide groups is 1. The Morgan fingerprint density at radius 2 is 1.83 bits per heavy atom. The average Bonchev–Trinajstić information content (AvgIpc) is 3.16. The minimum absolute atomic E-state index is 0.133. The van der Waals surface area contributed by atoms with Crippen molar-refractivity contribution in [3.05, 3.63) is 69.7 Å². The molecule has 35 heavy (non-hydrogen) atoms. The summed E-state index contributed by atoms with van der Waals surface area (Å²) in [5.74, 6) is -6.70. The van der Waals surface area contributed by atoms with Crippen molar-refractivity contribution < 1.29 is 28.0 Å². The maximum Gasteiger partial charge on any atom is 0.349 e. The van der Waals surface area contributed by atoms with E-state index in [1.807, 2.05) is 0 Å². The van der Waals surface area contributed by atoms with Gasteiger partial charge in [-0.1, -0.05) is 35.9 Å². The Balaban J connectivity index is 1.49. The van der Waals surface area contributed by atoms with Gasteiger partial charge in [-0.15, -0.1) is 0 Å². The molecule has 2 atom stereocenters. The third-order valence-electron chi connectivity index (χ3n) is 6.74. The van der Waals surface area contributed by atoms with Gasteiger partial charge in [0.25, 0.3) is 11.8 Å². The van der Waals surface area contributed by atoms with Crippen LogP contribution in [-0.4, -0.2) is 62.5 Å². The van der Waals surface area contributed by atoms with E-state index in [0.29, 0.717) is 16.7 Å². The highest BCUT2D eigenvalue weighted by Crippen LogP contribution is 2.37. The van der Waals surface area contributed by atoms with Crippen LogP contribution in [0.1, 0.15) is 33.5 Å². The highest BCUT2D eigenvalue weighted by Gasteiger charge is 2.52. The van der Waals surface area contributed by atoms with Gasteiger partial charge in [-0.25, -0.2) is 0 Å². The Labute approximate surface area is 208 Å². The molecular formula is C22H21B3ClF2N3O4. The summed E-state index contributed by atoms with van der Waals surface area (Å²) in [6, 6.07) is 9.55. The minimum atomic E-state index is -3.75. The summed E-state index contributed by atoms with van der Waals surface area (Å²) in [5, 5.41) is 2.52. The number of nitrogens with zero attached hydrogens (tertiary/aromatic N) is 2. The van der Waals surface area contributed by atoms with Crippen molar-refractivity contribution in [1.29, 1.82) is 0 Å². The van der Waals surface area contributed by atoms with Gasteiger partial charge in [0, 0.05) is 35.1 Å². The van der Waals surface area contributed by atoms with Crippen LogP contribution in [0.3, 0.4) is 0 Å². The third-order valence-corrected chi connectivity index (χ3v) is 6.99. The lowest BCUT2D eigenvalue weighted by molar-refractivity contribution is -0.148. The smallest absolute Gasteiger partial charge is 0.346 e. The van der Waals surface area contributed by atoms with Crippen LogP contribution in [0.5, 0.6) is 0 Å². The highest BCUT2D eigenvalue weighted by molar-refractivity contribution is 6.42. The second-order valence-corrected chi connectivity index (χ2v) is 9.66. The number of halogens is 3. The molecule has 13 heteroatoms. The molecule has 2 heterocycles. The summed E-state index contributed by atoms with van der Waals surface area (Å²) >= 11 is 5.73. The van der Waals surface area contributed by atoms with Crippen LogP contribution in [0.2, 0.25) is 10.8 Å². The first-order valence-electron chi connectivity index (χ1n) is 11.0. The van der Waals surface area contributed by atoms with E-state index in [2.05, 4.69) is 5.32 Å². The molecule has 4 amide bonds. The normalized spacial score (nSPS) is 22.4. The molecule has 2 aromatic rings. The molecule has 0 aliphatic carbocycles. The Kier molecular flexibility index (Phi) is 6.29. The van der Waals surface area contributed by atoms with E-state index >= 15 is 0 Å². The molecule has 0 saturated carbocycles. The molecule has 0 spiro atoms. The molecule has 2 unspecified atom stereocenters. The van der Waals surface area contributed by atoms with Crippen LogP contribution < -0.4 is 5.32 Å². The summed E-state index contributed by atoms with van der Waals surface area (Å²) < 4.78 is 29.0. The second kappa shape index (κ2) is 8.82. The molecule has 4 rings (SSSR count). The van der Waals surface area contributed by atoms with Gasteiger partial charge in [0.1, 0.15) is 15.7 Å². The standard InChI is InChI=1S/C22H21B3ClF2N3O4/c23-16-8-21(24,20(35)31(25)18(16)33)30-10-12-7-11(1-6-15(12)17(30)32)9-29-19(34)22(27,28)13-2-4-14(26)5-3-13/h1-7,16H,8-10,23-25H2,(H,29,34). The Hall–Kier alpha value is -3.14. The number of carbonyl (C=O) groups excluding carboxylic acids is 4. The van der Waals surface area contributed by atoms with Gasteiger partial charge in [0.05, 0.1) is 5.44 Å². The van der Waals surface area contributed by atoms with Crippen LogP contribution in [0, 0.1) is 0 Å². The first kappa shape index (κ1) is 25.0. The van der Waals surface area contributed by atoms with E-state index in [0.717, 1.165) is 16.9 Å². The molecule has 178 valence electrons. The molecule has 2 aromatic carbocycles. The molecule has 0 bridgehead atoms. The van der Waals surface area contributed by atoms with Crippen LogP contribution in [0.4, 0.5) is 8.78 Å². The van der Waals surface area contributed by atoms with Crippen molar-refractivity contribution in [3.63, 3.8) is 0 Å². The van der Waals surface area contributed by atoms with Gasteiger partial charge in [0.15, 0.2) is 0 Å². The number of piperidine rings is 1. The van der Waals surface area contributed by atoms with Gasteiger partial charge in [0.2, 0.25) is 19.8 Å². The van der Waals surface area contributed by atoms with Crippen molar-refractivity contribution in [2.45, 2.75) is 36.7 Å². The molecule has 2 aliphatic rings. The number of alkyl halides is 2. The Bertz CT molecular complexity index is 1250. The van der Waals surface area contributed by atoms with Crippen molar-refractivity contribution in [2.75, 3.05) is 0 Å². The zero-order valence-corrected chi connectivity index (χ0v) is 20.2. The Morgan fingerprint density at radius 1 is 1.17 bits per heavy atom. The maximum atomic E-state index is 14.5. The van der Waals surface area contributed by atoms with Crippen molar-refractivity contribution in [3.8, 4) is 0 Å². The fourth-order valence-corrected chi connectivity index (χ4v) is 4.88. The number of hydrogen-bond acceptors (Lipinski definition) is 4. The fraction of sp³-hybridized carbons (Fsp3) is 0.273. The average molecular weight is 497 g/mol. The number of nitrogens with one attached hydrogen (secondary N) is 1. The SMILES string of the molecule is BC1CC(B)(N2Cc3cc(CNC(=O)C(F)(F)c4ccc(Cl)cc4)ccc3C2=O)C(=O)N(B)C1=O. The number of amides is 4. The van der Waals surface area contributed by atoms with Crippen molar-refractivity contribution in [2.24, 2.45) is 0 Å². The Morgan fingerprint density at radius 3 is 2.49 bits per heavy atom. The monoisotopic (exact) mass is 497 g/mol. The van der Waals surface area contributed by atoms with E-state index in [9.17, 15) is 28.0 Å². The molecule has 2 aliphatic heterocycles. The summed E-state index contributed by atoms with van der Waals surface area (Å²) in [4.78, 5) is 53.0. The van der Waals surface area contributed by atoms with Crippen LogP contribution in [0.15, 0.2) is 42.5 Å². The van der Waals surface area contributed by atoms with Crippen molar-refractivity contribution >= 4 is 58.9 Å². The van der Waals surface area contributed by atoms with Gasteiger partial charge < -0.3 is 15.0 Å². The molecule has 1 saturated heterocycles.